The predicted molar refractivity (Wildman–Crippen MR) is 262 cm³/mol. The molecule has 0 aliphatic heterocycles. The van der Waals surface area contributed by atoms with Crippen molar-refractivity contribution >= 4 is 82.4 Å². The lowest BCUT2D eigenvalue weighted by Crippen LogP contribution is -1.98. The first-order valence-electron chi connectivity index (χ1n) is 20.8. The van der Waals surface area contributed by atoms with Crippen molar-refractivity contribution in [3.05, 3.63) is 193 Å². The second-order valence-corrected chi connectivity index (χ2v) is 16.5. The Morgan fingerprint density at radius 3 is 1.11 bits per heavy atom. The molecule has 0 saturated heterocycles. The van der Waals surface area contributed by atoms with Crippen LogP contribution in [0.4, 0.5) is 22.7 Å². The number of carbonyl (C=O) groups excluding carboxylic acids is 1. The predicted octanol–water partition coefficient (Wildman–Crippen LogP) is 13.7. The van der Waals surface area contributed by atoms with Crippen LogP contribution in [0.25, 0.3) is 109 Å². The Morgan fingerprint density at radius 2 is 0.645 bits per heavy atom. The van der Waals surface area contributed by atoms with E-state index in [2.05, 4.69) is 140 Å². The Hall–Kier alpha value is -8.41. The molecule has 11 aromatic carbocycles. The second-order valence-electron chi connectivity index (χ2n) is 16.5. The van der Waals surface area contributed by atoms with Crippen molar-refractivity contribution in [3.8, 4) is 55.6 Å². The fourth-order valence-electron chi connectivity index (χ4n) is 10.2. The van der Waals surface area contributed by atoms with E-state index in [0.717, 1.165) is 115 Å². The first-order chi connectivity index (χ1) is 30.3. The van der Waals surface area contributed by atoms with Crippen molar-refractivity contribution in [2.24, 2.45) is 0 Å². The molecule has 0 amide bonds. The lowest BCUT2D eigenvalue weighted by molar-refractivity contribution is 0.104. The van der Waals surface area contributed by atoms with Gasteiger partial charge < -0.3 is 22.9 Å². The quantitative estimate of drug-likeness (QED) is 0.104. The number of benzene rings is 11. The molecule has 292 valence electrons. The summed E-state index contributed by atoms with van der Waals surface area (Å²) in [5.74, 6) is 0.0137. The van der Waals surface area contributed by atoms with Crippen LogP contribution >= 0.6 is 0 Å². The molecule has 0 aromatic heterocycles. The van der Waals surface area contributed by atoms with Gasteiger partial charge in [0, 0.05) is 33.9 Å². The number of nitrogens with two attached hydrogens (primary N) is 4. The second kappa shape index (κ2) is 13.3. The number of rotatable bonds is 4. The van der Waals surface area contributed by atoms with Crippen LogP contribution in [0, 0.1) is 0 Å². The van der Waals surface area contributed by atoms with Crippen LogP contribution in [0.3, 0.4) is 0 Å². The van der Waals surface area contributed by atoms with E-state index in [9.17, 15) is 4.79 Å². The van der Waals surface area contributed by atoms with Gasteiger partial charge in [-0.1, -0.05) is 121 Å². The van der Waals surface area contributed by atoms with Gasteiger partial charge in [-0.15, -0.1) is 0 Å². The molecule has 12 rings (SSSR count). The van der Waals surface area contributed by atoms with E-state index in [4.69, 9.17) is 22.9 Å². The third-order valence-electron chi connectivity index (χ3n) is 12.8. The lowest BCUT2D eigenvalue weighted by atomic mass is 9.85. The minimum absolute atomic E-state index is 0.0137. The minimum atomic E-state index is 0.0137. The van der Waals surface area contributed by atoms with Crippen LogP contribution in [0.15, 0.2) is 182 Å². The molecule has 0 bridgehead atoms. The third-order valence-corrected chi connectivity index (χ3v) is 12.8. The number of carbonyl (C=O) groups is 1. The van der Waals surface area contributed by atoms with Crippen LogP contribution in [-0.4, -0.2) is 5.78 Å². The largest absolute Gasteiger partial charge is 0.399 e. The van der Waals surface area contributed by atoms with Gasteiger partial charge in [0.15, 0.2) is 5.78 Å². The average Bonchev–Trinajstić information content (AvgIpc) is 3.58. The molecule has 0 unspecified atom stereocenters. The summed E-state index contributed by atoms with van der Waals surface area (Å²) in [6.07, 6.45) is 0. The maximum atomic E-state index is 14.8. The monoisotopic (exact) mass is 794 g/mol. The van der Waals surface area contributed by atoms with Crippen molar-refractivity contribution in [2.45, 2.75) is 0 Å². The Labute approximate surface area is 357 Å². The molecule has 1 aliphatic rings. The Balaban J connectivity index is 1.03. The molecule has 11 aromatic rings. The minimum Gasteiger partial charge on any atom is -0.399 e. The van der Waals surface area contributed by atoms with E-state index in [1.54, 1.807) is 0 Å². The number of hydrogen-bond donors (Lipinski definition) is 4. The van der Waals surface area contributed by atoms with Gasteiger partial charge in [0.2, 0.25) is 0 Å². The van der Waals surface area contributed by atoms with E-state index in [0.29, 0.717) is 28.3 Å². The number of anilines is 4. The highest BCUT2D eigenvalue weighted by Gasteiger charge is 2.30. The molecule has 62 heavy (non-hydrogen) atoms. The smallest absolute Gasteiger partial charge is 0.194 e. The highest BCUT2D eigenvalue weighted by Crippen LogP contribution is 2.49. The molecule has 5 nitrogen and oxygen atoms in total. The summed E-state index contributed by atoms with van der Waals surface area (Å²) < 4.78 is 0. The van der Waals surface area contributed by atoms with Crippen molar-refractivity contribution in [2.75, 3.05) is 22.9 Å². The molecule has 5 heteroatoms. The zero-order chi connectivity index (χ0) is 41.8. The maximum Gasteiger partial charge on any atom is 0.194 e. The normalized spacial score (nSPS) is 12.2. The van der Waals surface area contributed by atoms with E-state index >= 15 is 0 Å². The van der Waals surface area contributed by atoms with Gasteiger partial charge in [0.1, 0.15) is 0 Å². The van der Waals surface area contributed by atoms with Gasteiger partial charge in [0.25, 0.3) is 0 Å². The van der Waals surface area contributed by atoms with Crippen LogP contribution in [0.1, 0.15) is 15.9 Å². The van der Waals surface area contributed by atoms with Gasteiger partial charge in [0.05, 0.1) is 0 Å². The first kappa shape index (κ1) is 35.5. The topological polar surface area (TPSA) is 121 Å². The fraction of sp³-hybridized carbons (Fsp3) is 0. The fourth-order valence-corrected chi connectivity index (χ4v) is 10.2. The molecule has 0 radical (unpaired) electrons. The maximum absolute atomic E-state index is 14.8. The summed E-state index contributed by atoms with van der Waals surface area (Å²) >= 11 is 0. The highest BCUT2D eigenvalue weighted by molar-refractivity contribution is 6.29. The van der Waals surface area contributed by atoms with Crippen LogP contribution in [0.2, 0.25) is 0 Å². The van der Waals surface area contributed by atoms with E-state index in [1.165, 1.54) is 0 Å². The molecule has 0 atom stereocenters. The number of fused-ring (bicyclic) bond motifs is 9. The first-order valence-corrected chi connectivity index (χ1v) is 20.8. The molecular formula is C57H38N4O. The molecule has 0 saturated carbocycles. The summed E-state index contributed by atoms with van der Waals surface area (Å²) in [4.78, 5) is 14.8. The summed E-state index contributed by atoms with van der Waals surface area (Å²) in [7, 11) is 0. The van der Waals surface area contributed by atoms with Gasteiger partial charge in [-0.3, -0.25) is 4.79 Å². The summed E-state index contributed by atoms with van der Waals surface area (Å²) in [6, 6.07) is 62.3. The van der Waals surface area contributed by atoms with E-state index in [-0.39, 0.29) is 5.78 Å². The molecule has 8 N–H and O–H groups in total. The van der Waals surface area contributed by atoms with Crippen LogP contribution < -0.4 is 22.9 Å². The lowest BCUT2D eigenvalue weighted by Gasteiger charge is -2.19. The van der Waals surface area contributed by atoms with Crippen molar-refractivity contribution in [1.29, 1.82) is 0 Å². The van der Waals surface area contributed by atoms with Gasteiger partial charge in [-0.25, -0.2) is 0 Å². The average molecular weight is 795 g/mol. The van der Waals surface area contributed by atoms with E-state index in [1.807, 2.05) is 42.5 Å². The number of nitrogen functional groups attached to an aromatic ring is 4. The van der Waals surface area contributed by atoms with Crippen molar-refractivity contribution in [1.82, 2.24) is 0 Å². The summed E-state index contributed by atoms with van der Waals surface area (Å²) in [5, 5.41) is 10.4. The van der Waals surface area contributed by atoms with E-state index < -0.39 is 0 Å². The van der Waals surface area contributed by atoms with Gasteiger partial charge >= 0.3 is 0 Å². The zero-order valence-corrected chi connectivity index (χ0v) is 33.5. The van der Waals surface area contributed by atoms with Crippen molar-refractivity contribution < 1.29 is 4.79 Å². The Kier molecular flexibility index (Phi) is 7.62. The summed E-state index contributed by atoms with van der Waals surface area (Å²) in [6.45, 7) is 0. The number of hydrogen-bond acceptors (Lipinski definition) is 5. The molecular weight excluding hydrogens is 757 g/mol. The van der Waals surface area contributed by atoms with Crippen molar-refractivity contribution in [3.63, 3.8) is 0 Å². The third kappa shape index (κ3) is 5.25. The summed E-state index contributed by atoms with van der Waals surface area (Å²) in [5.41, 5.74) is 40.5. The van der Waals surface area contributed by atoms with Crippen LogP contribution in [0.5, 0.6) is 0 Å². The molecule has 0 heterocycles. The Morgan fingerprint density at radius 1 is 0.258 bits per heavy atom. The highest BCUT2D eigenvalue weighted by atomic mass is 16.1. The van der Waals surface area contributed by atoms with Crippen LogP contribution in [-0.2, 0) is 0 Å². The van der Waals surface area contributed by atoms with Gasteiger partial charge in [-0.2, -0.15) is 0 Å². The molecule has 0 fully saturated rings. The zero-order valence-electron chi connectivity index (χ0n) is 33.5. The SMILES string of the molecule is Nc1ccc2c(-c3ccc4c(c3)C(=O)c3c-4ccc4cc(-c5c6ccc(N)cc6c(-c6ccccc6)c6ccc(N)cc56)ccc34)c3cc(N)ccc3c(-c3ccccc3)c2c1. The molecule has 0 spiro atoms. The standard InChI is InChI=1S/C57H38N4O/c58-36-16-23-45-47(27-36)52(31-7-3-1-4-8-31)43-21-14-38(60)29-49(43)54(45)34-12-18-40-33(25-34)11-20-42-41-19-13-35(26-51(41)57(62)56(40)42)55-46-24-17-37(59)28-48(46)53(32-9-5-2-6-10-32)44-22-15-39(61)30-50(44)55/h1-30H,58-61H2. The Bertz CT molecular complexity index is 3740. The van der Waals surface area contributed by atoms with Gasteiger partial charge in [-0.05, 0) is 170 Å². The molecule has 1 aliphatic carbocycles. The number of ketones is 1.